The summed E-state index contributed by atoms with van der Waals surface area (Å²) in [6.07, 6.45) is 2.62. The molecule has 0 bridgehead atoms. The molecule has 2 aliphatic heterocycles. The SMILES string of the molecule is CC1COCCN1c1nc(Cl)cn(C2CCN(C(=O)OC(C)(C)C)CC2)c1=O. The predicted octanol–water partition coefficient (Wildman–Crippen LogP) is 2.69. The van der Waals surface area contributed by atoms with Crippen molar-refractivity contribution in [2.45, 2.75) is 58.2 Å². The quantitative estimate of drug-likeness (QED) is 0.743. The average Bonchev–Trinajstić information content (AvgIpc) is 2.63. The number of anilines is 1. The minimum atomic E-state index is -0.521. The second-order valence-electron chi connectivity index (χ2n) is 8.42. The molecule has 0 radical (unpaired) electrons. The van der Waals surface area contributed by atoms with Crippen molar-refractivity contribution < 1.29 is 14.3 Å². The van der Waals surface area contributed by atoms with Crippen LogP contribution in [0.25, 0.3) is 0 Å². The molecular formula is C19H29ClN4O4. The number of carbonyl (C=O) groups excluding carboxylic acids is 1. The molecule has 3 rings (SSSR count). The molecule has 9 heteroatoms. The van der Waals surface area contributed by atoms with E-state index in [-0.39, 0.29) is 23.7 Å². The molecule has 2 saturated heterocycles. The number of halogens is 1. The van der Waals surface area contributed by atoms with Gasteiger partial charge in [-0.25, -0.2) is 9.78 Å². The van der Waals surface area contributed by atoms with Gasteiger partial charge in [0.25, 0.3) is 5.56 Å². The van der Waals surface area contributed by atoms with Crippen molar-refractivity contribution in [3.8, 4) is 0 Å². The summed E-state index contributed by atoms with van der Waals surface area (Å²) in [5, 5.41) is 0.294. The molecule has 1 aromatic heterocycles. The minimum absolute atomic E-state index is 0.0261. The molecule has 0 aromatic carbocycles. The highest BCUT2D eigenvalue weighted by Gasteiger charge is 2.30. The van der Waals surface area contributed by atoms with Crippen molar-refractivity contribution in [2.24, 2.45) is 0 Å². The van der Waals surface area contributed by atoms with Gasteiger partial charge < -0.3 is 23.8 Å². The fourth-order valence-electron chi connectivity index (χ4n) is 3.62. The van der Waals surface area contributed by atoms with Crippen molar-refractivity contribution >= 4 is 23.5 Å². The first-order valence-corrected chi connectivity index (χ1v) is 10.1. The first kappa shape index (κ1) is 20.9. The summed E-state index contributed by atoms with van der Waals surface area (Å²) < 4.78 is 12.6. The summed E-state index contributed by atoms with van der Waals surface area (Å²) in [6, 6.07) is 0.0386. The van der Waals surface area contributed by atoms with Gasteiger partial charge in [-0.3, -0.25) is 4.79 Å². The molecule has 2 fully saturated rings. The van der Waals surface area contributed by atoms with E-state index >= 15 is 0 Å². The molecule has 28 heavy (non-hydrogen) atoms. The number of aromatic nitrogens is 2. The number of hydrogen-bond donors (Lipinski definition) is 0. The van der Waals surface area contributed by atoms with Gasteiger partial charge in [-0.15, -0.1) is 0 Å². The van der Waals surface area contributed by atoms with Gasteiger partial charge in [0.2, 0.25) is 0 Å². The Kier molecular flexibility index (Phi) is 6.19. The van der Waals surface area contributed by atoms with E-state index in [1.807, 2.05) is 32.6 Å². The van der Waals surface area contributed by atoms with E-state index < -0.39 is 5.60 Å². The molecule has 1 aromatic rings. The van der Waals surface area contributed by atoms with Crippen LogP contribution in [0.3, 0.4) is 0 Å². The zero-order chi connectivity index (χ0) is 20.5. The number of rotatable bonds is 2. The molecule has 8 nitrogen and oxygen atoms in total. The highest BCUT2D eigenvalue weighted by atomic mass is 35.5. The lowest BCUT2D eigenvalue weighted by Gasteiger charge is -2.36. The molecule has 0 spiro atoms. The maximum atomic E-state index is 13.1. The average molecular weight is 413 g/mol. The van der Waals surface area contributed by atoms with Crippen molar-refractivity contribution in [1.82, 2.24) is 14.5 Å². The van der Waals surface area contributed by atoms with Crippen molar-refractivity contribution in [2.75, 3.05) is 37.7 Å². The second-order valence-corrected chi connectivity index (χ2v) is 8.80. The summed E-state index contributed by atoms with van der Waals surface area (Å²) in [5.74, 6) is 0.373. The van der Waals surface area contributed by atoms with Crippen LogP contribution in [-0.2, 0) is 9.47 Å². The van der Waals surface area contributed by atoms with E-state index in [1.165, 1.54) is 0 Å². The maximum absolute atomic E-state index is 13.1. The van der Waals surface area contributed by atoms with Gasteiger partial charge in [-0.05, 0) is 40.5 Å². The number of nitrogens with zero attached hydrogens (tertiary/aromatic N) is 4. The van der Waals surface area contributed by atoms with Crippen LogP contribution in [0.4, 0.5) is 10.6 Å². The Morgan fingerprint density at radius 1 is 1.29 bits per heavy atom. The van der Waals surface area contributed by atoms with Gasteiger partial charge in [0.05, 0.1) is 19.3 Å². The van der Waals surface area contributed by atoms with Gasteiger partial charge >= 0.3 is 6.09 Å². The van der Waals surface area contributed by atoms with Crippen molar-refractivity contribution in [1.29, 1.82) is 0 Å². The van der Waals surface area contributed by atoms with Crippen LogP contribution in [0.2, 0.25) is 5.15 Å². The Balaban J connectivity index is 1.75. The molecule has 0 aliphatic carbocycles. The van der Waals surface area contributed by atoms with Crippen LogP contribution in [0.1, 0.15) is 46.6 Å². The van der Waals surface area contributed by atoms with Crippen LogP contribution < -0.4 is 10.5 Å². The lowest BCUT2D eigenvalue weighted by atomic mass is 10.1. The highest BCUT2D eigenvalue weighted by Crippen LogP contribution is 2.25. The molecule has 156 valence electrons. The number of hydrogen-bond acceptors (Lipinski definition) is 6. The fraction of sp³-hybridized carbons (Fsp3) is 0.737. The van der Waals surface area contributed by atoms with E-state index in [9.17, 15) is 9.59 Å². The first-order chi connectivity index (χ1) is 13.2. The van der Waals surface area contributed by atoms with Crippen LogP contribution in [0.5, 0.6) is 0 Å². The van der Waals surface area contributed by atoms with E-state index in [2.05, 4.69) is 4.98 Å². The Bertz CT molecular complexity index is 768. The second kappa shape index (κ2) is 8.29. The number of morpholine rings is 1. The van der Waals surface area contributed by atoms with Crippen LogP contribution in [0.15, 0.2) is 11.0 Å². The Morgan fingerprint density at radius 2 is 1.96 bits per heavy atom. The first-order valence-electron chi connectivity index (χ1n) is 9.76. The monoisotopic (exact) mass is 412 g/mol. The van der Waals surface area contributed by atoms with Gasteiger partial charge in [0.1, 0.15) is 10.8 Å². The normalized spacial score (nSPS) is 21.7. The Labute approximate surface area is 170 Å². The highest BCUT2D eigenvalue weighted by molar-refractivity contribution is 6.29. The summed E-state index contributed by atoms with van der Waals surface area (Å²) in [6.45, 7) is 10.4. The van der Waals surface area contributed by atoms with Crippen LogP contribution in [0, 0.1) is 0 Å². The molecule has 0 N–H and O–H groups in total. The van der Waals surface area contributed by atoms with Gasteiger partial charge in [0, 0.05) is 31.9 Å². The summed E-state index contributed by atoms with van der Waals surface area (Å²) in [7, 11) is 0. The van der Waals surface area contributed by atoms with Crippen molar-refractivity contribution in [3.63, 3.8) is 0 Å². The number of ether oxygens (including phenoxy) is 2. The molecule has 0 saturated carbocycles. The number of carbonyl (C=O) groups is 1. The largest absolute Gasteiger partial charge is 0.444 e. The lowest BCUT2D eigenvalue weighted by molar-refractivity contribution is 0.0187. The van der Waals surface area contributed by atoms with Crippen molar-refractivity contribution in [3.05, 3.63) is 21.7 Å². The number of likely N-dealkylation sites (tertiary alicyclic amines) is 1. The van der Waals surface area contributed by atoms with Gasteiger partial charge in [-0.1, -0.05) is 11.6 Å². The molecular weight excluding hydrogens is 384 g/mol. The minimum Gasteiger partial charge on any atom is -0.444 e. The van der Waals surface area contributed by atoms with Gasteiger partial charge in [-0.2, -0.15) is 0 Å². The number of amides is 1. The molecule has 1 amide bonds. The molecule has 2 aliphatic rings. The Morgan fingerprint density at radius 3 is 2.57 bits per heavy atom. The summed E-state index contributed by atoms with van der Waals surface area (Å²) in [5.41, 5.74) is -0.665. The topological polar surface area (TPSA) is 76.9 Å². The van der Waals surface area contributed by atoms with Crippen LogP contribution >= 0.6 is 11.6 Å². The predicted molar refractivity (Wildman–Crippen MR) is 107 cm³/mol. The third kappa shape index (κ3) is 4.78. The fourth-order valence-corrected chi connectivity index (χ4v) is 3.81. The number of piperidine rings is 1. The van der Waals surface area contributed by atoms with E-state index in [1.54, 1.807) is 15.7 Å². The van der Waals surface area contributed by atoms with Gasteiger partial charge in [0.15, 0.2) is 5.82 Å². The molecule has 1 atom stereocenters. The Hall–Kier alpha value is -1.80. The van der Waals surface area contributed by atoms with E-state index in [0.29, 0.717) is 56.7 Å². The lowest BCUT2D eigenvalue weighted by Crippen LogP contribution is -2.48. The third-order valence-corrected chi connectivity index (χ3v) is 5.22. The van der Waals surface area contributed by atoms with E-state index in [4.69, 9.17) is 21.1 Å². The molecule has 3 heterocycles. The third-order valence-electron chi connectivity index (χ3n) is 5.03. The zero-order valence-corrected chi connectivity index (χ0v) is 17.7. The van der Waals surface area contributed by atoms with Crippen LogP contribution in [-0.4, -0.2) is 65.0 Å². The summed E-state index contributed by atoms with van der Waals surface area (Å²) in [4.78, 5) is 33.3. The smallest absolute Gasteiger partial charge is 0.410 e. The zero-order valence-electron chi connectivity index (χ0n) is 17.0. The standard InChI is InChI=1S/C19H29ClN4O4/c1-13-12-27-10-9-23(13)16-17(25)24(11-15(20)21-16)14-5-7-22(8-6-14)18(26)28-19(2,3)4/h11,13-14H,5-10,12H2,1-4H3. The maximum Gasteiger partial charge on any atom is 0.410 e. The van der Waals surface area contributed by atoms with E-state index in [0.717, 1.165) is 0 Å². The summed E-state index contributed by atoms with van der Waals surface area (Å²) >= 11 is 6.25. The molecule has 1 unspecified atom stereocenters.